The lowest BCUT2D eigenvalue weighted by atomic mass is 9.96. The number of nitrogens with zero attached hydrogens (tertiary/aromatic N) is 3. The van der Waals surface area contributed by atoms with Gasteiger partial charge in [-0.05, 0) is 76.6 Å². The van der Waals surface area contributed by atoms with Crippen LogP contribution < -0.4 is 9.64 Å². The molecule has 0 N–H and O–H groups in total. The van der Waals surface area contributed by atoms with Crippen LogP contribution in [0.25, 0.3) is 0 Å². The zero-order chi connectivity index (χ0) is 24.0. The first-order chi connectivity index (χ1) is 15.9. The molecule has 0 radical (unpaired) electrons. The van der Waals surface area contributed by atoms with Crippen LogP contribution in [0, 0.1) is 0 Å². The van der Waals surface area contributed by atoms with E-state index in [1.165, 1.54) is 0 Å². The minimum Gasteiger partial charge on any atom is -0.497 e. The molecule has 3 atom stereocenters. The van der Waals surface area contributed by atoms with Gasteiger partial charge in [0.15, 0.2) is 0 Å². The summed E-state index contributed by atoms with van der Waals surface area (Å²) in [5, 5.41) is 0. The number of hydrogen-bond acceptors (Lipinski definition) is 5. The van der Waals surface area contributed by atoms with Crippen molar-refractivity contribution < 1.29 is 19.1 Å². The van der Waals surface area contributed by atoms with Gasteiger partial charge in [-0.1, -0.05) is 6.92 Å². The van der Waals surface area contributed by atoms with Crippen molar-refractivity contribution in [3.05, 3.63) is 24.3 Å². The highest BCUT2D eigenvalue weighted by molar-refractivity contribution is 5.92. The zero-order valence-corrected chi connectivity index (χ0v) is 21.0. The molecule has 2 heterocycles. The first-order valence-corrected chi connectivity index (χ1v) is 12.5. The van der Waals surface area contributed by atoms with Gasteiger partial charge in [0.2, 0.25) is 5.91 Å². The predicted octanol–water partition coefficient (Wildman–Crippen LogP) is 4.69. The Labute approximate surface area is 199 Å². The Bertz CT molecular complexity index is 776. The van der Waals surface area contributed by atoms with Gasteiger partial charge in [0, 0.05) is 49.9 Å². The Balaban J connectivity index is 1.62. The molecule has 2 aliphatic heterocycles. The molecule has 0 saturated carbocycles. The molecule has 2 aliphatic rings. The van der Waals surface area contributed by atoms with Crippen LogP contribution in [0.15, 0.2) is 24.3 Å². The third-order valence-corrected chi connectivity index (χ3v) is 7.35. The lowest BCUT2D eigenvalue weighted by Gasteiger charge is -2.42. The van der Waals surface area contributed by atoms with Gasteiger partial charge < -0.3 is 24.2 Å². The number of carbonyl (C=O) groups excluding carboxylic acids is 2. The molecular weight excluding hydrogens is 418 g/mol. The number of anilines is 1. The topological polar surface area (TPSA) is 62.3 Å². The van der Waals surface area contributed by atoms with Crippen LogP contribution in [-0.2, 0) is 9.53 Å². The van der Waals surface area contributed by atoms with E-state index >= 15 is 0 Å². The Morgan fingerprint density at radius 3 is 2.30 bits per heavy atom. The molecule has 1 aromatic rings. The summed E-state index contributed by atoms with van der Waals surface area (Å²) in [7, 11) is 1.65. The van der Waals surface area contributed by atoms with E-state index in [0.29, 0.717) is 12.6 Å². The van der Waals surface area contributed by atoms with E-state index in [0.717, 1.165) is 63.1 Å². The number of hydrogen-bond donors (Lipinski definition) is 0. The molecule has 0 aliphatic carbocycles. The Kier molecular flexibility index (Phi) is 9.01. The summed E-state index contributed by atoms with van der Waals surface area (Å²) in [5.41, 5.74) is 0.929. The van der Waals surface area contributed by atoms with Crippen molar-refractivity contribution in [2.45, 2.75) is 90.4 Å². The van der Waals surface area contributed by atoms with Gasteiger partial charge in [-0.25, -0.2) is 4.79 Å². The van der Waals surface area contributed by atoms with Crippen molar-refractivity contribution in [1.82, 2.24) is 9.80 Å². The van der Waals surface area contributed by atoms with Crippen LogP contribution in [-0.4, -0.2) is 72.8 Å². The largest absolute Gasteiger partial charge is 0.497 e. The molecule has 3 rings (SSSR count). The molecule has 2 fully saturated rings. The highest BCUT2D eigenvalue weighted by Gasteiger charge is 2.38. The average molecular weight is 460 g/mol. The van der Waals surface area contributed by atoms with Gasteiger partial charge in [-0.2, -0.15) is 0 Å². The van der Waals surface area contributed by atoms with Crippen LogP contribution in [0.3, 0.4) is 0 Å². The Hall–Kier alpha value is -2.28. The minimum atomic E-state index is -0.169. The van der Waals surface area contributed by atoms with Crippen molar-refractivity contribution in [3.63, 3.8) is 0 Å². The van der Waals surface area contributed by atoms with Crippen molar-refractivity contribution in [1.29, 1.82) is 0 Å². The molecule has 2 amide bonds. The lowest BCUT2D eigenvalue weighted by molar-refractivity contribution is -0.117. The second-order valence-electron chi connectivity index (χ2n) is 9.34. The highest BCUT2D eigenvalue weighted by Crippen LogP contribution is 2.32. The monoisotopic (exact) mass is 459 g/mol. The molecule has 33 heavy (non-hydrogen) atoms. The molecule has 1 aromatic carbocycles. The van der Waals surface area contributed by atoms with Gasteiger partial charge >= 0.3 is 6.09 Å². The summed E-state index contributed by atoms with van der Waals surface area (Å²) in [6.07, 6.45) is 5.85. The third kappa shape index (κ3) is 5.99. The van der Waals surface area contributed by atoms with E-state index in [2.05, 4.69) is 18.7 Å². The van der Waals surface area contributed by atoms with Crippen molar-refractivity contribution in [2.24, 2.45) is 0 Å². The van der Waals surface area contributed by atoms with Crippen LogP contribution in [0.1, 0.15) is 66.2 Å². The quantitative estimate of drug-likeness (QED) is 0.564. The summed E-state index contributed by atoms with van der Waals surface area (Å²) in [5.74, 6) is 0.872. The fourth-order valence-electron chi connectivity index (χ4n) is 5.62. The zero-order valence-electron chi connectivity index (χ0n) is 21.0. The van der Waals surface area contributed by atoms with Crippen molar-refractivity contribution >= 4 is 17.7 Å². The minimum absolute atomic E-state index is 0.0793. The maximum Gasteiger partial charge on any atom is 0.410 e. The standard InChI is InChI=1S/C26H41N3O4/c1-6-21(18-24-9-8-19(3)28(24)26(31)33-7-2)27-16-14-23(15-17-27)29(20(4)30)22-10-12-25(32-5)13-11-22/h10-13,19,21,23-24H,6-9,14-18H2,1-5H3. The SMILES string of the molecule is CCOC(=O)N1C(C)CCC1CC(CC)N1CCC(N(C(C)=O)c2ccc(OC)cc2)CC1. The lowest BCUT2D eigenvalue weighted by Crippen LogP contribution is -2.51. The molecule has 2 saturated heterocycles. The van der Waals surface area contributed by atoms with E-state index in [1.54, 1.807) is 14.0 Å². The van der Waals surface area contributed by atoms with E-state index in [4.69, 9.17) is 9.47 Å². The van der Waals surface area contributed by atoms with Crippen LogP contribution in [0.4, 0.5) is 10.5 Å². The number of benzene rings is 1. The van der Waals surface area contributed by atoms with Crippen LogP contribution in [0.5, 0.6) is 5.75 Å². The Morgan fingerprint density at radius 1 is 1.09 bits per heavy atom. The highest BCUT2D eigenvalue weighted by atomic mass is 16.6. The van der Waals surface area contributed by atoms with E-state index in [9.17, 15) is 9.59 Å². The Morgan fingerprint density at radius 2 is 1.76 bits per heavy atom. The second-order valence-corrected chi connectivity index (χ2v) is 9.34. The fourth-order valence-corrected chi connectivity index (χ4v) is 5.62. The molecule has 0 aromatic heterocycles. The summed E-state index contributed by atoms with van der Waals surface area (Å²) >= 11 is 0. The number of amides is 2. The molecular formula is C26H41N3O4. The first kappa shape index (κ1) is 25.3. The molecule has 7 nitrogen and oxygen atoms in total. The summed E-state index contributed by atoms with van der Waals surface area (Å²) < 4.78 is 10.6. The smallest absolute Gasteiger partial charge is 0.410 e. The van der Waals surface area contributed by atoms with Crippen molar-refractivity contribution in [2.75, 3.05) is 31.7 Å². The van der Waals surface area contributed by atoms with Gasteiger partial charge in [0.25, 0.3) is 0 Å². The number of ether oxygens (including phenoxy) is 2. The third-order valence-electron chi connectivity index (χ3n) is 7.35. The molecule has 184 valence electrons. The number of piperidine rings is 1. The average Bonchev–Trinajstić information content (AvgIpc) is 3.18. The molecule has 0 bridgehead atoms. The molecule has 7 heteroatoms. The van der Waals surface area contributed by atoms with E-state index in [-0.39, 0.29) is 30.1 Å². The summed E-state index contributed by atoms with van der Waals surface area (Å²) in [4.78, 5) is 31.5. The second kappa shape index (κ2) is 11.7. The van der Waals surface area contributed by atoms with Crippen LogP contribution >= 0.6 is 0 Å². The summed E-state index contributed by atoms with van der Waals surface area (Å²) in [6.45, 7) is 10.2. The normalized spacial score (nSPS) is 22.8. The maximum absolute atomic E-state index is 12.5. The van der Waals surface area contributed by atoms with Gasteiger partial charge in [0.1, 0.15) is 5.75 Å². The van der Waals surface area contributed by atoms with Crippen LogP contribution in [0.2, 0.25) is 0 Å². The predicted molar refractivity (Wildman–Crippen MR) is 131 cm³/mol. The maximum atomic E-state index is 12.5. The van der Waals surface area contributed by atoms with E-state index < -0.39 is 0 Å². The van der Waals surface area contributed by atoms with E-state index in [1.807, 2.05) is 41.0 Å². The number of carbonyl (C=O) groups is 2. The fraction of sp³-hybridized carbons (Fsp3) is 0.692. The van der Waals surface area contributed by atoms with Gasteiger partial charge in [-0.3, -0.25) is 4.79 Å². The van der Waals surface area contributed by atoms with Gasteiger partial charge in [-0.15, -0.1) is 0 Å². The van der Waals surface area contributed by atoms with Gasteiger partial charge in [0.05, 0.1) is 13.7 Å². The first-order valence-electron chi connectivity index (χ1n) is 12.5. The number of rotatable bonds is 8. The number of likely N-dealkylation sites (tertiary alicyclic amines) is 2. The van der Waals surface area contributed by atoms with Crippen molar-refractivity contribution in [3.8, 4) is 5.75 Å². The summed E-state index contributed by atoms with van der Waals surface area (Å²) in [6, 6.07) is 8.87. The molecule has 3 unspecified atom stereocenters. The number of methoxy groups -OCH3 is 1. The molecule has 0 spiro atoms.